The predicted molar refractivity (Wildman–Crippen MR) is 79.6 cm³/mol. The van der Waals surface area contributed by atoms with E-state index in [4.69, 9.17) is 15.9 Å². The van der Waals surface area contributed by atoms with Gasteiger partial charge in [-0.15, -0.1) is 0 Å². The van der Waals surface area contributed by atoms with Gasteiger partial charge in [0.15, 0.2) is 0 Å². The van der Waals surface area contributed by atoms with Gasteiger partial charge in [-0.3, -0.25) is 4.79 Å². The maximum absolute atomic E-state index is 12.8. The molecule has 4 N–H and O–H groups in total. The summed E-state index contributed by atoms with van der Waals surface area (Å²) in [5.74, 6) is -0.972. The Kier molecular flexibility index (Phi) is 3.28. The van der Waals surface area contributed by atoms with Crippen molar-refractivity contribution in [2.24, 2.45) is 5.73 Å². The van der Waals surface area contributed by atoms with E-state index in [-0.39, 0.29) is 11.4 Å². The molecule has 0 bridgehead atoms. The summed E-state index contributed by atoms with van der Waals surface area (Å²) in [6.07, 6.45) is -4.42. The number of nitrogen functional groups attached to an aromatic ring is 1. The van der Waals surface area contributed by atoms with E-state index in [1.807, 2.05) is 0 Å². The van der Waals surface area contributed by atoms with Crippen LogP contribution >= 0.6 is 0 Å². The molecule has 0 aliphatic carbocycles. The van der Waals surface area contributed by atoms with E-state index in [9.17, 15) is 18.0 Å². The van der Waals surface area contributed by atoms with E-state index < -0.39 is 17.6 Å². The summed E-state index contributed by atoms with van der Waals surface area (Å²) in [6, 6.07) is 9.62. The number of rotatable bonds is 2. The van der Waals surface area contributed by atoms with Crippen LogP contribution in [0.4, 0.5) is 18.9 Å². The first-order chi connectivity index (χ1) is 10.8. The Bertz CT molecular complexity index is 913. The van der Waals surface area contributed by atoms with Crippen LogP contribution in [-0.4, -0.2) is 5.91 Å². The second-order valence-corrected chi connectivity index (χ2v) is 5.00. The van der Waals surface area contributed by atoms with Crippen molar-refractivity contribution in [2.75, 3.05) is 5.73 Å². The lowest BCUT2D eigenvalue weighted by molar-refractivity contribution is -0.137. The third-order valence-electron chi connectivity index (χ3n) is 3.47. The van der Waals surface area contributed by atoms with Gasteiger partial charge in [0.05, 0.1) is 11.3 Å². The van der Waals surface area contributed by atoms with Crippen LogP contribution in [-0.2, 0) is 6.18 Å². The fourth-order valence-electron chi connectivity index (χ4n) is 2.35. The van der Waals surface area contributed by atoms with Gasteiger partial charge in [0, 0.05) is 5.39 Å². The maximum Gasteiger partial charge on any atom is 0.416 e. The molecule has 7 heteroatoms. The number of primary amides is 1. The molecule has 2 aromatic carbocycles. The minimum absolute atomic E-state index is 0.0707. The fourth-order valence-corrected chi connectivity index (χ4v) is 2.35. The van der Waals surface area contributed by atoms with Gasteiger partial charge in [-0.05, 0) is 35.4 Å². The largest absolute Gasteiger partial charge is 0.449 e. The van der Waals surface area contributed by atoms with Crippen molar-refractivity contribution < 1.29 is 22.4 Å². The van der Waals surface area contributed by atoms with Gasteiger partial charge in [-0.2, -0.15) is 13.2 Å². The zero-order chi connectivity index (χ0) is 16.8. The summed E-state index contributed by atoms with van der Waals surface area (Å²) in [4.78, 5) is 11.2. The quantitative estimate of drug-likeness (QED) is 0.753. The van der Waals surface area contributed by atoms with Crippen molar-refractivity contribution in [1.29, 1.82) is 0 Å². The van der Waals surface area contributed by atoms with Crippen LogP contribution < -0.4 is 11.5 Å². The Hall–Kier alpha value is -2.96. The van der Waals surface area contributed by atoms with Gasteiger partial charge in [0.1, 0.15) is 5.58 Å². The van der Waals surface area contributed by atoms with Crippen LogP contribution in [0.25, 0.3) is 22.1 Å². The monoisotopic (exact) mass is 320 g/mol. The van der Waals surface area contributed by atoms with Crippen molar-refractivity contribution in [3.8, 4) is 11.1 Å². The SMILES string of the molecule is NC(=O)c1oc2ccc(-c3cccc(C(F)(F)F)c3)cc2c1N. The molecule has 1 aromatic heterocycles. The molecule has 4 nitrogen and oxygen atoms in total. The number of benzene rings is 2. The molecule has 3 aromatic rings. The standard InChI is InChI=1S/C16H11F3N2O2/c17-16(18,19)10-3-1-2-8(6-10)9-4-5-12-11(7-9)13(20)14(23-12)15(21)22/h1-7H,20H2,(H2,21,22). The zero-order valence-corrected chi connectivity index (χ0v) is 11.6. The normalized spacial score (nSPS) is 11.8. The molecular weight excluding hydrogens is 309 g/mol. The number of carbonyl (C=O) groups is 1. The zero-order valence-electron chi connectivity index (χ0n) is 11.6. The highest BCUT2D eigenvalue weighted by molar-refractivity contribution is 6.05. The molecule has 23 heavy (non-hydrogen) atoms. The van der Waals surface area contributed by atoms with Crippen LogP contribution in [0.2, 0.25) is 0 Å². The molecule has 1 heterocycles. The third kappa shape index (κ3) is 2.61. The number of alkyl halides is 3. The number of hydrogen-bond donors (Lipinski definition) is 2. The highest BCUT2D eigenvalue weighted by atomic mass is 19.4. The Morgan fingerprint density at radius 3 is 2.39 bits per heavy atom. The number of hydrogen-bond acceptors (Lipinski definition) is 3. The molecule has 118 valence electrons. The topological polar surface area (TPSA) is 82.2 Å². The second-order valence-electron chi connectivity index (χ2n) is 5.00. The summed E-state index contributed by atoms with van der Waals surface area (Å²) >= 11 is 0. The highest BCUT2D eigenvalue weighted by Crippen LogP contribution is 2.35. The number of anilines is 1. The predicted octanol–water partition coefficient (Wildman–Crippen LogP) is 3.80. The summed E-state index contributed by atoms with van der Waals surface area (Å²) in [6.45, 7) is 0. The first-order valence-electron chi connectivity index (χ1n) is 6.57. The van der Waals surface area contributed by atoms with Gasteiger partial charge in [-0.1, -0.05) is 18.2 Å². The van der Waals surface area contributed by atoms with E-state index in [0.717, 1.165) is 12.1 Å². The lowest BCUT2D eigenvalue weighted by Crippen LogP contribution is -2.11. The van der Waals surface area contributed by atoms with Crippen LogP contribution in [0, 0.1) is 0 Å². The Morgan fingerprint density at radius 1 is 1.04 bits per heavy atom. The van der Waals surface area contributed by atoms with E-state index >= 15 is 0 Å². The number of fused-ring (bicyclic) bond motifs is 1. The Balaban J connectivity index is 2.14. The molecule has 0 aliphatic heterocycles. The van der Waals surface area contributed by atoms with Crippen molar-refractivity contribution in [1.82, 2.24) is 0 Å². The van der Waals surface area contributed by atoms with Crippen molar-refractivity contribution in [3.63, 3.8) is 0 Å². The van der Waals surface area contributed by atoms with Crippen molar-refractivity contribution in [3.05, 3.63) is 53.8 Å². The van der Waals surface area contributed by atoms with Crippen molar-refractivity contribution >= 4 is 22.6 Å². The van der Waals surface area contributed by atoms with Crippen LogP contribution in [0.15, 0.2) is 46.9 Å². The molecule has 0 unspecified atom stereocenters. The number of carbonyl (C=O) groups excluding carboxylic acids is 1. The van der Waals surface area contributed by atoms with Crippen LogP contribution in [0.1, 0.15) is 16.1 Å². The number of amides is 1. The van der Waals surface area contributed by atoms with Gasteiger partial charge in [0.2, 0.25) is 5.76 Å². The van der Waals surface area contributed by atoms with E-state index in [1.54, 1.807) is 18.2 Å². The van der Waals surface area contributed by atoms with E-state index in [0.29, 0.717) is 22.1 Å². The second kappa shape index (κ2) is 5.05. The van der Waals surface area contributed by atoms with Gasteiger partial charge in [-0.25, -0.2) is 0 Å². The lowest BCUT2D eigenvalue weighted by atomic mass is 10.0. The van der Waals surface area contributed by atoms with E-state index in [1.165, 1.54) is 12.1 Å². The average Bonchev–Trinajstić information content (AvgIpc) is 2.83. The Morgan fingerprint density at radius 2 is 1.74 bits per heavy atom. The summed E-state index contributed by atoms with van der Waals surface area (Å²) in [7, 11) is 0. The molecule has 3 rings (SSSR count). The minimum Gasteiger partial charge on any atom is -0.449 e. The maximum atomic E-state index is 12.8. The molecule has 1 amide bonds. The molecule has 0 aliphatic rings. The van der Waals surface area contributed by atoms with Crippen LogP contribution in [0.5, 0.6) is 0 Å². The number of halogens is 3. The summed E-state index contributed by atoms with van der Waals surface area (Å²) in [5.41, 5.74) is 11.5. The van der Waals surface area contributed by atoms with E-state index in [2.05, 4.69) is 0 Å². The molecule has 0 spiro atoms. The molecule has 0 fully saturated rings. The smallest absolute Gasteiger partial charge is 0.416 e. The highest BCUT2D eigenvalue weighted by Gasteiger charge is 2.30. The third-order valence-corrected chi connectivity index (χ3v) is 3.47. The first kappa shape index (κ1) is 15.0. The lowest BCUT2D eigenvalue weighted by Gasteiger charge is -2.09. The van der Waals surface area contributed by atoms with Gasteiger partial charge < -0.3 is 15.9 Å². The van der Waals surface area contributed by atoms with Gasteiger partial charge in [0.25, 0.3) is 5.91 Å². The Labute approximate surface area is 128 Å². The number of nitrogens with two attached hydrogens (primary N) is 2. The molecular formula is C16H11F3N2O2. The molecule has 0 saturated heterocycles. The molecule has 0 atom stereocenters. The van der Waals surface area contributed by atoms with Crippen molar-refractivity contribution in [2.45, 2.75) is 6.18 Å². The summed E-state index contributed by atoms with van der Waals surface area (Å²) < 4.78 is 43.7. The molecule has 0 radical (unpaired) electrons. The summed E-state index contributed by atoms with van der Waals surface area (Å²) in [5, 5.41) is 0.425. The first-order valence-corrected chi connectivity index (χ1v) is 6.57. The van der Waals surface area contributed by atoms with Gasteiger partial charge >= 0.3 is 6.18 Å². The average molecular weight is 320 g/mol. The fraction of sp³-hybridized carbons (Fsp3) is 0.0625. The van der Waals surface area contributed by atoms with Crippen LogP contribution in [0.3, 0.4) is 0 Å². The minimum atomic E-state index is -4.42. The molecule has 0 saturated carbocycles. The number of furan rings is 1.